The van der Waals surface area contributed by atoms with Crippen LogP contribution in [0, 0.1) is 0 Å². The van der Waals surface area contributed by atoms with E-state index in [1.54, 1.807) is 11.3 Å². The second-order valence-electron chi connectivity index (χ2n) is 2.39. The van der Waals surface area contributed by atoms with E-state index in [0.29, 0.717) is 0 Å². The van der Waals surface area contributed by atoms with Gasteiger partial charge in [0.1, 0.15) is 0 Å². The molecule has 0 bridgehead atoms. The first kappa shape index (κ1) is 8.43. The number of allylic oxidation sites excluding steroid dienone is 1. The van der Waals surface area contributed by atoms with Gasteiger partial charge in [-0.1, -0.05) is 6.08 Å². The lowest BCUT2D eigenvalue weighted by molar-refractivity contribution is 0.646. The number of nitrogens with zero attached hydrogens (tertiary/aromatic N) is 1. The summed E-state index contributed by atoms with van der Waals surface area (Å²) in [4.78, 5) is 4.13. The summed E-state index contributed by atoms with van der Waals surface area (Å²) in [6.07, 6.45) is 3.78. The van der Waals surface area contributed by atoms with Crippen LogP contribution in [0.4, 0.5) is 0 Å². The van der Waals surface area contributed by atoms with Gasteiger partial charge in [-0.2, -0.15) is 0 Å². The smallest absolute Gasteiger partial charge is 0.0795 e. The summed E-state index contributed by atoms with van der Waals surface area (Å²) in [6.45, 7) is 3.64. The molecule has 0 aliphatic rings. The Labute approximate surface area is 70.8 Å². The highest BCUT2D eigenvalue weighted by molar-refractivity contribution is 7.07. The molecular formula is C8H12N2S. The van der Waals surface area contributed by atoms with E-state index in [1.165, 1.54) is 0 Å². The Morgan fingerprint density at radius 1 is 1.82 bits per heavy atom. The SMILES string of the molecule is C=CCCC(N)c1cscn1. The number of nitrogens with two attached hydrogens (primary N) is 1. The molecular weight excluding hydrogens is 156 g/mol. The molecule has 60 valence electrons. The monoisotopic (exact) mass is 168 g/mol. The van der Waals surface area contributed by atoms with Crippen LogP contribution >= 0.6 is 11.3 Å². The van der Waals surface area contributed by atoms with Gasteiger partial charge >= 0.3 is 0 Å². The van der Waals surface area contributed by atoms with Crippen molar-refractivity contribution in [2.24, 2.45) is 5.73 Å². The molecule has 0 saturated carbocycles. The maximum absolute atomic E-state index is 5.82. The Morgan fingerprint density at radius 2 is 2.64 bits per heavy atom. The summed E-state index contributed by atoms with van der Waals surface area (Å²) in [5.41, 5.74) is 8.63. The van der Waals surface area contributed by atoms with Gasteiger partial charge in [-0.25, -0.2) is 4.98 Å². The molecule has 1 aromatic heterocycles. The van der Waals surface area contributed by atoms with Gasteiger partial charge in [0, 0.05) is 11.4 Å². The van der Waals surface area contributed by atoms with Crippen molar-refractivity contribution in [1.82, 2.24) is 4.98 Å². The van der Waals surface area contributed by atoms with E-state index < -0.39 is 0 Å². The molecule has 0 aromatic carbocycles. The number of hydrogen-bond acceptors (Lipinski definition) is 3. The van der Waals surface area contributed by atoms with Crippen molar-refractivity contribution >= 4 is 11.3 Å². The van der Waals surface area contributed by atoms with Crippen LogP contribution in [-0.2, 0) is 0 Å². The lowest BCUT2D eigenvalue weighted by Crippen LogP contribution is -2.09. The van der Waals surface area contributed by atoms with Gasteiger partial charge in [0.25, 0.3) is 0 Å². The molecule has 1 rings (SSSR count). The summed E-state index contributed by atoms with van der Waals surface area (Å²) in [6, 6.07) is 0.0826. The van der Waals surface area contributed by atoms with Crippen LogP contribution in [-0.4, -0.2) is 4.98 Å². The first-order chi connectivity index (χ1) is 5.34. The molecule has 1 atom stereocenters. The quantitative estimate of drug-likeness (QED) is 0.699. The highest BCUT2D eigenvalue weighted by atomic mass is 32.1. The molecule has 1 heterocycles. The molecule has 0 aliphatic heterocycles. The van der Waals surface area contributed by atoms with Crippen LogP contribution in [0.1, 0.15) is 24.6 Å². The summed E-state index contributed by atoms with van der Waals surface area (Å²) in [5, 5.41) is 1.99. The van der Waals surface area contributed by atoms with Crippen molar-refractivity contribution < 1.29 is 0 Å². The van der Waals surface area contributed by atoms with Crippen molar-refractivity contribution in [3.05, 3.63) is 29.2 Å². The number of rotatable bonds is 4. The third-order valence-electron chi connectivity index (χ3n) is 1.51. The minimum absolute atomic E-state index is 0.0826. The van der Waals surface area contributed by atoms with Gasteiger partial charge in [-0.05, 0) is 12.8 Å². The fourth-order valence-electron chi connectivity index (χ4n) is 0.850. The van der Waals surface area contributed by atoms with Gasteiger partial charge < -0.3 is 5.73 Å². The average molecular weight is 168 g/mol. The van der Waals surface area contributed by atoms with Crippen LogP contribution < -0.4 is 5.73 Å². The molecule has 0 aliphatic carbocycles. The van der Waals surface area contributed by atoms with Crippen molar-refractivity contribution in [3.8, 4) is 0 Å². The van der Waals surface area contributed by atoms with E-state index in [4.69, 9.17) is 5.73 Å². The molecule has 1 aromatic rings. The fraction of sp³-hybridized carbons (Fsp3) is 0.375. The van der Waals surface area contributed by atoms with E-state index in [0.717, 1.165) is 18.5 Å². The molecule has 0 saturated heterocycles. The topological polar surface area (TPSA) is 38.9 Å². The lowest BCUT2D eigenvalue weighted by atomic mass is 10.1. The number of hydrogen-bond donors (Lipinski definition) is 1. The first-order valence-electron chi connectivity index (χ1n) is 3.59. The Balaban J connectivity index is 2.42. The first-order valence-corrected chi connectivity index (χ1v) is 4.53. The van der Waals surface area contributed by atoms with Gasteiger partial charge in [-0.15, -0.1) is 17.9 Å². The van der Waals surface area contributed by atoms with Crippen LogP contribution in [0.2, 0.25) is 0 Å². The van der Waals surface area contributed by atoms with Crippen LogP contribution in [0.5, 0.6) is 0 Å². The Morgan fingerprint density at radius 3 is 3.18 bits per heavy atom. The van der Waals surface area contributed by atoms with Crippen molar-refractivity contribution in [1.29, 1.82) is 0 Å². The fourth-order valence-corrected chi connectivity index (χ4v) is 1.47. The molecule has 0 fully saturated rings. The second kappa shape index (κ2) is 4.26. The minimum Gasteiger partial charge on any atom is -0.323 e. The summed E-state index contributed by atoms with van der Waals surface area (Å²) < 4.78 is 0. The van der Waals surface area contributed by atoms with E-state index >= 15 is 0 Å². The summed E-state index contributed by atoms with van der Waals surface area (Å²) in [5.74, 6) is 0. The Hall–Kier alpha value is -0.670. The molecule has 2 nitrogen and oxygen atoms in total. The van der Waals surface area contributed by atoms with Gasteiger partial charge in [-0.3, -0.25) is 0 Å². The average Bonchev–Trinajstić information content (AvgIpc) is 2.52. The Bertz CT molecular complexity index is 206. The molecule has 3 heteroatoms. The van der Waals surface area contributed by atoms with Crippen LogP contribution in [0.25, 0.3) is 0 Å². The second-order valence-corrected chi connectivity index (χ2v) is 3.10. The zero-order valence-corrected chi connectivity index (χ0v) is 7.18. The normalized spacial score (nSPS) is 12.8. The molecule has 11 heavy (non-hydrogen) atoms. The Kier molecular flexibility index (Phi) is 3.26. The standard InChI is InChI=1S/C8H12N2S/c1-2-3-4-7(9)8-5-11-6-10-8/h2,5-7H,1,3-4,9H2. The zero-order valence-electron chi connectivity index (χ0n) is 6.36. The molecule has 0 radical (unpaired) electrons. The van der Waals surface area contributed by atoms with Crippen molar-refractivity contribution in [2.75, 3.05) is 0 Å². The zero-order chi connectivity index (χ0) is 8.10. The molecule has 2 N–H and O–H groups in total. The third-order valence-corrected chi connectivity index (χ3v) is 2.12. The van der Waals surface area contributed by atoms with Gasteiger partial charge in [0.2, 0.25) is 0 Å². The predicted molar refractivity (Wildman–Crippen MR) is 48.5 cm³/mol. The van der Waals surface area contributed by atoms with E-state index in [-0.39, 0.29) is 6.04 Å². The highest BCUT2D eigenvalue weighted by Gasteiger charge is 2.05. The minimum atomic E-state index is 0.0826. The maximum atomic E-state index is 5.82. The maximum Gasteiger partial charge on any atom is 0.0795 e. The molecule has 1 unspecified atom stereocenters. The molecule has 0 spiro atoms. The predicted octanol–water partition coefficient (Wildman–Crippen LogP) is 2.11. The lowest BCUT2D eigenvalue weighted by Gasteiger charge is -2.05. The largest absolute Gasteiger partial charge is 0.323 e. The van der Waals surface area contributed by atoms with Crippen LogP contribution in [0.15, 0.2) is 23.5 Å². The van der Waals surface area contributed by atoms with Crippen LogP contribution in [0.3, 0.4) is 0 Å². The molecule has 0 amide bonds. The highest BCUT2D eigenvalue weighted by Crippen LogP contribution is 2.14. The summed E-state index contributed by atoms with van der Waals surface area (Å²) in [7, 11) is 0. The van der Waals surface area contributed by atoms with Gasteiger partial charge in [0.05, 0.1) is 11.2 Å². The van der Waals surface area contributed by atoms with Crippen molar-refractivity contribution in [3.63, 3.8) is 0 Å². The van der Waals surface area contributed by atoms with E-state index in [9.17, 15) is 0 Å². The van der Waals surface area contributed by atoms with E-state index in [2.05, 4.69) is 11.6 Å². The number of aromatic nitrogens is 1. The van der Waals surface area contributed by atoms with E-state index in [1.807, 2.05) is 17.0 Å². The van der Waals surface area contributed by atoms with Crippen molar-refractivity contribution in [2.45, 2.75) is 18.9 Å². The number of thiazole rings is 1. The third kappa shape index (κ3) is 2.44. The summed E-state index contributed by atoms with van der Waals surface area (Å²) >= 11 is 1.58. The van der Waals surface area contributed by atoms with Gasteiger partial charge in [0.15, 0.2) is 0 Å².